The molecule has 1 aliphatic heterocycles. The van der Waals surface area contributed by atoms with E-state index in [0.29, 0.717) is 6.61 Å². The fraction of sp³-hybridized carbons (Fsp3) is 0.222. The molecule has 3 rings (SSSR count). The SMILES string of the molecule is C=CCc1ccccc1OCC1(c2ccccc2)CO1. The summed E-state index contributed by atoms with van der Waals surface area (Å²) in [6.45, 7) is 5.06. The number of ether oxygens (including phenoxy) is 2. The highest BCUT2D eigenvalue weighted by Gasteiger charge is 2.47. The van der Waals surface area contributed by atoms with Gasteiger partial charge < -0.3 is 9.47 Å². The molecule has 1 fully saturated rings. The van der Waals surface area contributed by atoms with E-state index in [-0.39, 0.29) is 5.60 Å². The van der Waals surface area contributed by atoms with Crippen LogP contribution in [0.3, 0.4) is 0 Å². The van der Waals surface area contributed by atoms with Gasteiger partial charge in [0.05, 0.1) is 6.61 Å². The molecule has 20 heavy (non-hydrogen) atoms. The minimum Gasteiger partial charge on any atom is -0.490 e. The van der Waals surface area contributed by atoms with Crippen molar-refractivity contribution >= 4 is 0 Å². The molecule has 102 valence electrons. The molecule has 1 unspecified atom stereocenters. The molecule has 2 heteroatoms. The number of hydrogen-bond acceptors (Lipinski definition) is 2. The van der Waals surface area contributed by atoms with E-state index in [1.165, 1.54) is 5.56 Å². The Morgan fingerprint density at radius 3 is 2.50 bits per heavy atom. The Kier molecular flexibility index (Phi) is 3.57. The lowest BCUT2D eigenvalue weighted by Gasteiger charge is -2.15. The minimum absolute atomic E-state index is 0.261. The Bertz CT molecular complexity index is 585. The van der Waals surface area contributed by atoms with E-state index in [9.17, 15) is 0 Å². The standard InChI is InChI=1S/C18H18O2/c1-2-8-15-9-6-7-12-17(15)19-13-18(14-20-18)16-10-4-3-5-11-16/h2-7,9-12H,1,8,13-14H2. The van der Waals surface area contributed by atoms with E-state index in [4.69, 9.17) is 9.47 Å². The van der Waals surface area contributed by atoms with Gasteiger partial charge >= 0.3 is 0 Å². The van der Waals surface area contributed by atoms with Crippen molar-refractivity contribution in [2.75, 3.05) is 13.2 Å². The summed E-state index contributed by atoms with van der Waals surface area (Å²) in [7, 11) is 0. The largest absolute Gasteiger partial charge is 0.490 e. The second kappa shape index (κ2) is 5.51. The predicted molar refractivity (Wildman–Crippen MR) is 79.9 cm³/mol. The van der Waals surface area contributed by atoms with Crippen LogP contribution in [0.15, 0.2) is 67.3 Å². The fourth-order valence-electron chi connectivity index (χ4n) is 2.33. The summed E-state index contributed by atoms with van der Waals surface area (Å²) < 4.78 is 11.7. The van der Waals surface area contributed by atoms with Gasteiger partial charge in [0.25, 0.3) is 0 Å². The van der Waals surface area contributed by atoms with Gasteiger partial charge in [0, 0.05) is 0 Å². The third-order valence-electron chi connectivity index (χ3n) is 3.59. The van der Waals surface area contributed by atoms with Crippen LogP contribution in [-0.4, -0.2) is 13.2 Å². The monoisotopic (exact) mass is 266 g/mol. The molecular formula is C18H18O2. The van der Waals surface area contributed by atoms with Crippen molar-refractivity contribution in [2.45, 2.75) is 12.0 Å². The smallest absolute Gasteiger partial charge is 0.150 e. The van der Waals surface area contributed by atoms with Crippen LogP contribution < -0.4 is 4.74 Å². The summed E-state index contributed by atoms with van der Waals surface area (Å²) in [6.07, 6.45) is 2.71. The molecular weight excluding hydrogens is 248 g/mol. The van der Waals surface area contributed by atoms with Crippen molar-refractivity contribution < 1.29 is 9.47 Å². The van der Waals surface area contributed by atoms with Crippen LogP contribution in [0, 0.1) is 0 Å². The first-order valence-electron chi connectivity index (χ1n) is 6.85. The average Bonchev–Trinajstić information content (AvgIpc) is 3.29. The molecule has 2 aromatic carbocycles. The number of benzene rings is 2. The molecule has 1 aliphatic rings. The third-order valence-corrected chi connectivity index (χ3v) is 3.59. The molecule has 1 atom stereocenters. The maximum atomic E-state index is 6.00. The zero-order chi connectivity index (χ0) is 13.8. The lowest BCUT2D eigenvalue weighted by Crippen LogP contribution is -2.19. The first kappa shape index (κ1) is 12.9. The summed E-state index contributed by atoms with van der Waals surface area (Å²) in [4.78, 5) is 0. The molecule has 1 saturated heterocycles. The Hall–Kier alpha value is -2.06. The number of rotatable bonds is 6. The van der Waals surface area contributed by atoms with Gasteiger partial charge in [-0.15, -0.1) is 6.58 Å². The predicted octanol–water partition coefficient (Wildman–Crippen LogP) is 3.72. The highest BCUT2D eigenvalue weighted by molar-refractivity contribution is 5.35. The van der Waals surface area contributed by atoms with Gasteiger partial charge in [-0.25, -0.2) is 0 Å². The van der Waals surface area contributed by atoms with Gasteiger partial charge in [0.15, 0.2) is 5.60 Å². The van der Waals surface area contributed by atoms with Gasteiger partial charge in [-0.05, 0) is 23.6 Å². The van der Waals surface area contributed by atoms with E-state index in [0.717, 1.165) is 24.3 Å². The Morgan fingerprint density at radius 2 is 1.80 bits per heavy atom. The molecule has 2 aromatic rings. The molecule has 2 nitrogen and oxygen atoms in total. The molecule has 0 saturated carbocycles. The van der Waals surface area contributed by atoms with E-state index in [2.05, 4.69) is 24.8 Å². The van der Waals surface area contributed by atoms with Gasteiger partial charge in [0.1, 0.15) is 12.4 Å². The Balaban J connectivity index is 1.73. The normalized spacial score (nSPS) is 20.4. The van der Waals surface area contributed by atoms with Crippen LogP contribution >= 0.6 is 0 Å². The molecule has 0 N–H and O–H groups in total. The number of epoxide rings is 1. The highest BCUT2D eigenvalue weighted by Crippen LogP contribution is 2.39. The molecule has 0 aliphatic carbocycles. The summed E-state index contributed by atoms with van der Waals surface area (Å²) >= 11 is 0. The van der Waals surface area contributed by atoms with Gasteiger partial charge in [-0.1, -0.05) is 54.6 Å². The summed E-state index contributed by atoms with van der Waals surface area (Å²) in [6, 6.07) is 18.3. The molecule has 0 bridgehead atoms. The Morgan fingerprint density at radius 1 is 1.10 bits per heavy atom. The number of para-hydroxylation sites is 1. The van der Waals surface area contributed by atoms with Crippen molar-refractivity contribution in [3.8, 4) is 5.75 Å². The van der Waals surface area contributed by atoms with Crippen molar-refractivity contribution in [3.05, 3.63) is 78.4 Å². The molecule has 0 amide bonds. The molecule has 0 spiro atoms. The van der Waals surface area contributed by atoms with E-state index in [1.54, 1.807) is 0 Å². The van der Waals surface area contributed by atoms with Crippen LogP contribution in [0.4, 0.5) is 0 Å². The van der Waals surface area contributed by atoms with Crippen LogP contribution in [0.5, 0.6) is 5.75 Å². The topological polar surface area (TPSA) is 21.8 Å². The third kappa shape index (κ3) is 2.61. The van der Waals surface area contributed by atoms with E-state index in [1.807, 2.05) is 42.5 Å². The van der Waals surface area contributed by atoms with Crippen molar-refractivity contribution in [1.82, 2.24) is 0 Å². The maximum Gasteiger partial charge on any atom is 0.150 e. The Labute approximate surface area is 119 Å². The van der Waals surface area contributed by atoms with Crippen LogP contribution in [0.25, 0.3) is 0 Å². The second-order valence-electron chi connectivity index (χ2n) is 5.04. The van der Waals surface area contributed by atoms with E-state index >= 15 is 0 Å². The lowest BCUT2D eigenvalue weighted by molar-refractivity contribution is 0.189. The van der Waals surface area contributed by atoms with E-state index < -0.39 is 0 Å². The first-order chi connectivity index (χ1) is 9.84. The van der Waals surface area contributed by atoms with Crippen LogP contribution in [-0.2, 0) is 16.8 Å². The second-order valence-corrected chi connectivity index (χ2v) is 5.04. The number of allylic oxidation sites excluding steroid dienone is 1. The summed E-state index contributed by atoms with van der Waals surface area (Å²) in [5.74, 6) is 0.915. The zero-order valence-corrected chi connectivity index (χ0v) is 11.4. The average molecular weight is 266 g/mol. The van der Waals surface area contributed by atoms with Gasteiger partial charge in [-0.2, -0.15) is 0 Å². The number of hydrogen-bond donors (Lipinski definition) is 0. The van der Waals surface area contributed by atoms with Gasteiger partial charge in [-0.3, -0.25) is 0 Å². The van der Waals surface area contributed by atoms with Crippen LogP contribution in [0.1, 0.15) is 11.1 Å². The highest BCUT2D eigenvalue weighted by atomic mass is 16.6. The fourth-order valence-corrected chi connectivity index (χ4v) is 2.33. The summed E-state index contributed by atoms with van der Waals surface area (Å²) in [5.41, 5.74) is 2.08. The van der Waals surface area contributed by atoms with Crippen molar-refractivity contribution in [2.24, 2.45) is 0 Å². The maximum absolute atomic E-state index is 6.00. The first-order valence-corrected chi connectivity index (χ1v) is 6.85. The quantitative estimate of drug-likeness (QED) is 0.587. The molecule has 0 radical (unpaired) electrons. The lowest BCUT2D eigenvalue weighted by atomic mass is 10.0. The molecule has 0 aromatic heterocycles. The van der Waals surface area contributed by atoms with Crippen LogP contribution in [0.2, 0.25) is 0 Å². The van der Waals surface area contributed by atoms with Gasteiger partial charge in [0.2, 0.25) is 0 Å². The molecule has 1 heterocycles. The zero-order valence-electron chi connectivity index (χ0n) is 11.4. The van der Waals surface area contributed by atoms with Crippen molar-refractivity contribution in [1.29, 1.82) is 0 Å². The van der Waals surface area contributed by atoms with Crippen molar-refractivity contribution in [3.63, 3.8) is 0 Å². The minimum atomic E-state index is -0.261. The summed E-state index contributed by atoms with van der Waals surface area (Å²) in [5, 5.41) is 0.